The van der Waals surface area contributed by atoms with Crippen molar-refractivity contribution in [1.29, 1.82) is 0 Å². The first-order chi connectivity index (χ1) is 12.5. The van der Waals surface area contributed by atoms with Crippen LogP contribution in [0.2, 0.25) is 0 Å². The SMILES string of the molecule is CCNC(=NCc1cccc(OC)c1)NCCS(=O)(=O)c1ccccc1. The number of methoxy groups -OCH3 is 1. The van der Waals surface area contributed by atoms with E-state index in [1.807, 2.05) is 31.2 Å². The van der Waals surface area contributed by atoms with Gasteiger partial charge in [-0.05, 0) is 36.8 Å². The van der Waals surface area contributed by atoms with E-state index in [0.717, 1.165) is 11.3 Å². The highest BCUT2D eigenvalue weighted by atomic mass is 32.2. The predicted molar refractivity (Wildman–Crippen MR) is 104 cm³/mol. The van der Waals surface area contributed by atoms with Crippen molar-refractivity contribution in [2.24, 2.45) is 4.99 Å². The molecule has 0 aliphatic rings. The second kappa shape index (κ2) is 9.82. The van der Waals surface area contributed by atoms with E-state index in [0.29, 0.717) is 23.9 Å². The zero-order chi connectivity index (χ0) is 18.8. The summed E-state index contributed by atoms with van der Waals surface area (Å²) in [6, 6.07) is 16.1. The monoisotopic (exact) mass is 375 g/mol. The summed E-state index contributed by atoms with van der Waals surface area (Å²) in [5.41, 5.74) is 1.01. The lowest BCUT2D eigenvalue weighted by atomic mass is 10.2. The molecule has 2 aromatic rings. The van der Waals surface area contributed by atoms with E-state index in [2.05, 4.69) is 15.6 Å². The standard InChI is InChI=1S/C19H25N3O3S/c1-3-20-19(22-15-16-8-7-9-17(14-16)25-2)21-12-13-26(23,24)18-10-5-4-6-11-18/h4-11,14H,3,12-13,15H2,1-2H3,(H2,20,21,22). The summed E-state index contributed by atoms with van der Waals surface area (Å²) in [5.74, 6) is 1.36. The van der Waals surface area contributed by atoms with E-state index in [4.69, 9.17) is 4.74 Å². The summed E-state index contributed by atoms with van der Waals surface area (Å²) < 4.78 is 29.8. The van der Waals surface area contributed by atoms with Crippen LogP contribution in [0, 0.1) is 0 Å². The summed E-state index contributed by atoms with van der Waals surface area (Å²) in [5, 5.41) is 6.19. The largest absolute Gasteiger partial charge is 0.497 e. The van der Waals surface area contributed by atoms with Crippen LogP contribution in [-0.2, 0) is 16.4 Å². The van der Waals surface area contributed by atoms with Crippen LogP contribution in [0.25, 0.3) is 0 Å². The van der Waals surface area contributed by atoms with Gasteiger partial charge >= 0.3 is 0 Å². The van der Waals surface area contributed by atoms with Gasteiger partial charge in [-0.3, -0.25) is 0 Å². The molecule has 0 saturated carbocycles. The number of benzene rings is 2. The average molecular weight is 375 g/mol. The Kier molecular flexibility index (Phi) is 7.47. The Balaban J connectivity index is 1.95. The van der Waals surface area contributed by atoms with Gasteiger partial charge in [0.25, 0.3) is 0 Å². The van der Waals surface area contributed by atoms with Crippen molar-refractivity contribution in [1.82, 2.24) is 10.6 Å². The molecule has 6 nitrogen and oxygen atoms in total. The number of hydrogen-bond acceptors (Lipinski definition) is 4. The number of ether oxygens (including phenoxy) is 1. The zero-order valence-electron chi connectivity index (χ0n) is 15.1. The van der Waals surface area contributed by atoms with Gasteiger partial charge < -0.3 is 15.4 Å². The number of guanidine groups is 1. The smallest absolute Gasteiger partial charge is 0.191 e. The molecule has 0 aromatic heterocycles. The van der Waals surface area contributed by atoms with Gasteiger partial charge in [0.05, 0.1) is 24.3 Å². The van der Waals surface area contributed by atoms with Crippen LogP contribution in [0.15, 0.2) is 64.5 Å². The van der Waals surface area contributed by atoms with E-state index < -0.39 is 9.84 Å². The molecule has 0 unspecified atom stereocenters. The molecule has 140 valence electrons. The molecule has 7 heteroatoms. The van der Waals surface area contributed by atoms with Gasteiger partial charge in [0.1, 0.15) is 5.75 Å². The maximum absolute atomic E-state index is 12.3. The van der Waals surface area contributed by atoms with Crippen LogP contribution in [-0.4, -0.2) is 40.3 Å². The molecule has 0 bridgehead atoms. The van der Waals surface area contributed by atoms with Gasteiger partial charge in [-0.1, -0.05) is 30.3 Å². The summed E-state index contributed by atoms with van der Waals surface area (Å²) in [6.45, 7) is 3.40. The van der Waals surface area contributed by atoms with Gasteiger partial charge in [-0.15, -0.1) is 0 Å². The first-order valence-corrected chi connectivity index (χ1v) is 10.1. The van der Waals surface area contributed by atoms with E-state index in [1.165, 1.54) is 0 Å². The Morgan fingerprint density at radius 3 is 2.54 bits per heavy atom. The molecule has 0 saturated heterocycles. The fourth-order valence-electron chi connectivity index (χ4n) is 2.33. The molecular formula is C19H25N3O3S. The number of nitrogens with zero attached hydrogens (tertiary/aromatic N) is 1. The number of sulfone groups is 1. The van der Waals surface area contributed by atoms with Gasteiger partial charge in [-0.25, -0.2) is 13.4 Å². The van der Waals surface area contributed by atoms with Crippen molar-refractivity contribution >= 4 is 15.8 Å². The summed E-state index contributed by atoms with van der Waals surface area (Å²) in [4.78, 5) is 4.83. The maximum atomic E-state index is 12.3. The Hall–Kier alpha value is -2.54. The van der Waals surface area contributed by atoms with Crippen LogP contribution in [0.4, 0.5) is 0 Å². The fraction of sp³-hybridized carbons (Fsp3) is 0.316. The molecule has 0 atom stereocenters. The van der Waals surface area contributed by atoms with Gasteiger partial charge in [0.15, 0.2) is 15.8 Å². The van der Waals surface area contributed by atoms with Crippen molar-refractivity contribution in [2.75, 3.05) is 26.0 Å². The van der Waals surface area contributed by atoms with Crippen molar-refractivity contribution < 1.29 is 13.2 Å². The molecule has 26 heavy (non-hydrogen) atoms. The first-order valence-electron chi connectivity index (χ1n) is 8.48. The maximum Gasteiger partial charge on any atom is 0.191 e. The van der Waals surface area contributed by atoms with Crippen LogP contribution in [0.1, 0.15) is 12.5 Å². The van der Waals surface area contributed by atoms with Gasteiger partial charge in [0.2, 0.25) is 0 Å². The van der Waals surface area contributed by atoms with Crippen molar-refractivity contribution in [2.45, 2.75) is 18.4 Å². The second-order valence-electron chi connectivity index (χ2n) is 5.61. The Bertz CT molecular complexity index is 821. The minimum absolute atomic E-state index is 0.000583. The molecule has 0 aliphatic carbocycles. The number of nitrogens with one attached hydrogen (secondary N) is 2. The van der Waals surface area contributed by atoms with Crippen molar-refractivity contribution in [3.05, 3.63) is 60.2 Å². The molecule has 0 amide bonds. The van der Waals surface area contributed by atoms with E-state index in [1.54, 1.807) is 37.4 Å². The predicted octanol–water partition coefficient (Wildman–Crippen LogP) is 2.22. The number of rotatable bonds is 8. The topological polar surface area (TPSA) is 79.8 Å². The van der Waals surface area contributed by atoms with Crippen LogP contribution < -0.4 is 15.4 Å². The normalized spacial score (nSPS) is 11.8. The minimum Gasteiger partial charge on any atom is -0.497 e. The molecule has 0 radical (unpaired) electrons. The average Bonchev–Trinajstić information content (AvgIpc) is 2.67. The van der Waals surface area contributed by atoms with E-state index >= 15 is 0 Å². The molecule has 0 spiro atoms. The quantitative estimate of drug-likeness (QED) is 0.546. The second-order valence-corrected chi connectivity index (χ2v) is 7.71. The highest BCUT2D eigenvalue weighted by Gasteiger charge is 2.13. The Morgan fingerprint density at radius 2 is 1.85 bits per heavy atom. The van der Waals surface area contributed by atoms with Gasteiger partial charge in [0, 0.05) is 13.1 Å². The molecular weight excluding hydrogens is 350 g/mol. The zero-order valence-corrected chi connectivity index (χ0v) is 15.9. The Morgan fingerprint density at radius 1 is 1.08 bits per heavy atom. The summed E-state index contributed by atoms with van der Waals surface area (Å²) >= 11 is 0. The minimum atomic E-state index is -3.31. The lowest BCUT2D eigenvalue weighted by molar-refractivity contribution is 0.414. The first kappa shape index (κ1) is 19.8. The lowest BCUT2D eigenvalue weighted by Crippen LogP contribution is -2.39. The lowest BCUT2D eigenvalue weighted by Gasteiger charge is -2.12. The van der Waals surface area contributed by atoms with Crippen molar-refractivity contribution in [3.63, 3.8) is 0 Å². The highest BCUT2D eigenvalue weighted by Crippen LogP contribution is 2.13. The Labute approximate surface area is 155 Å². The third-order valence-electron chi connectivity index (χ3n) is 3.66. The molecule has 2 aromatic carbocycles. The van der Waals surface area contributed by atoms with Crippen LogP contribution in [0.5, 0.6) is 5.75 Å². The highest BCUT2D eigenvalue weighted by molar-refractivity contribution is 7.91. The number of aliphatic imine (C=N–C) groups is 1. The van der Waals surface area contributed by atoms with Gasteiger partial charge in [-0.2, -0.15) is 0 Å². The molecule has 2 N–H and O–H groups in total. The molecule has 2 rings (SSSR count). The van der Waals surface area contributed by atoms with E-state index in [9.17, 15) is 8.42 Å². The summed E-state index contributed by atoms with van der Waals surface area (Å²) in [6.07, 6.45) is 0. The molecule has 0 heterocycles. The summed E-state index contributed by atoms with van der Waals surface area (Å²) in [7, 11) is -1.68. The third kappa shape index (κ3) is 6.07. The fourth-order valence-corrected chi connectivity index (χ4v) is 3.51. The van der Waals surface area contributed by atoms with E-state index in [-0.39, 0.29) is 12.3 Å². The van der Waals surface area contributed by atoms with Crippen molar-refractivity contribution in [3.8, 4) is 5.75 Å². The van der Waals surface area contributed by atoms with Crippen LogP contribution in [0.3, 0.4) is 0 Å². The molecule has 0 fully saturated rings. The molecule has 0 aliphatic heterocycles. The number of hydrogen-bond donors (Lipinski definition) is 2. The third-order valence-corrected chi connectivity index (χ3v) is 5.40. The van der Waals surface area contributed by atoms with Crippen LogP contribution >= 0.6 is 0 Å².